The number of aliphatic hydroxyl groups is 1. The number of thioether (sulfide) groups is 1. The molecule has 0 bridgehead atoms. The number of aliphatic carboxylic acids is 1. The number of aryl methyl sites for hydroxylation is 3. The minimum absolute atomic E-state index is 0. The summed E-state index contributed by atoms with van der Waals surface area (Å²) in [5.41, 5.74) is 6.44. The van der Waals surface area contributed by atoms with Crippen LogP contribution in [-0.4, -0.2) is 28.7 Å². The first kappa shape index (κ1) is 25.2. The van der Waals surface area contributed by atoms with E-state index >= 15 is 0 Å². The van der Waals surface area contributed by atoms with Crippen molar-refractivity contribution in [3.8, 4) is 11.1 Å². The van der Waals surface area contributed by atoms with Gasteiger partial charge in [-0.3, -0.25) is 0 Å². The van der Waals surface area contributed by atoms with Crippen LogP contribution in [0, 0.1) is 26.6 Å². The molecule has 2 rings (SSSR count). The van der Waals surface area contributed by atoms with Crippen LogP contribution >= 0.6 is 11.8 Å². The van der Waals surface area contributed by atoms with Crippen LogP contribution in [0.25, 0.3) is 11.1 Å². The molecular weight excluding hydrogens is 386 g/mol. The van der Waals surface area contributed by atoms with E-state index in [0.717, 1.165) is 29.7 Å². The van der Waals surface area contributed by atoms with Crippen LogP contribution in [0.5, 0.6) is 0 Å². The van der Waals surface area contributed by atoms with Crippen molar-refractivity contribution in [2.75, 3.05) is 11.5 Å². The molecule has 146 valence electrons. The number of rotatable bonds is 9. The molecule has 0 aliphatic rings. The van der Waals surface area contributed by atoms with E-state index in [1.807, 2.05) is 12.1 Å². The number of benzene rings is 2. The van der Waals surface area contributed by atoms with Crippen LogP contribution < -0.4 is 34.7 Å². The Balaban J connectivity index is 0.00000392. The molecule has 0 saturated carbocycles. The van der Waals surface area contributed by atoms with Crippen molar-refractivity contribution in [2.24, 2.45) is 0 Å². The molecule has 28 heavy (non-hydrogen) atoms. The smallest absolute Gasteiger partial charge is 0.550 e. The fraction of sp³-hybridized carbons (Fsp3) is 0.409. The van der Waals surface area contributed by atoms with E-state index in [9.17, 15) is 19.4 Å². The number of carboxylic acid groups (broad SMARTS) is 1. The summed E-state index contributed by atoms with van der Waals surface area (Å²) in [5.74, 6) is -0.196. The maximum absolute atomic E-state index is 13.6. The number of hydrogen-bond donors (Lipinski definition) is 1. The Morgan fingerprint density at radius 2 is 1.89 bits per heavy atom. The van der Waals surface area contributed by atoms with Gasteiger partial charge in [0.15, 0.2) is 0 Å². The van der Waals surface area contributed by atoms with Gasteiger partial charge in [0, 0.05) is 18.1 Å². The van der Waals surface area contributed by atoms with Crippen LogP contribution in [0.4, 0.5) is 4.39 Å². The van der Waals surface area contributed by atoms with Gasteiger partial charge in [-0.2, -0.15) is 11.8 Å². The quantitative estimate of drug-likeness (QED) is 0.484. The number of aliphatic hydroxyl groups excluding tert-OH is 1. The fourth-order valence-corrected chi connectivity index (χ4v) is 4.13. The molecule has 0 amide bonds. The zero-order chi connectivity index (χ0) is 20.0. The molecule has 0 spiro atoms. The SMILES string of the molecule is Cc1cc(C)c(CCCSCC(O)CC(=O)[O-])c(-c2ccc(F)c(C)c2)c1.[Na+]. The summed E-state index contributed by atoms with van der Waals surface area (Å²) in [6, 6.07) is 9.53. The molecule has 0 fully saturated rings. The van der Waals surface area contributed by atoms with E-state index in [4.69, 9.17) is 0 Å². The number of halogens is 1. The number of carbonyl (C=O) groups excluding carboxylic acids is 1. The third kappa shape index (κ3) is 7.53. The normalized spacial score (nSPS) is 11.8. The first-order chi connectivity index (χ1) is 12.8. The molecule has 0 radical (unpaired) electrons. The van der Waals surface area contributed by atoms with Gasteiger partial charge in [-0.25, -0.2) is 4.39 Å². The Labute approximate surface area is 193 Å². The van der Waals surface area contributed by atoms with Gasteiger partial charge in [0.2, 0.25) is 0 Å². The second-order valence-corrected chi connectivity index (χ2v) is 8.13. The van der Waals surface area contributed by atoms with E-state index in [-0.39, 0.29) is 41.8 Å². The standard InChI is InChI=1S/C22H27FO3S.Na/c1-14-9-15(2)19(5-4-8-27-13-18(24)12-22(25)26)20(10-14)17-6-7-21(23)16(3)11-17;/h6-7,9-11,18,24H,4-5,8,12-13H2,1-3H3,(H,25,26);/q;+1/p-1. The van der Waals surface area contributed by atoms with Crippen molar-refractivity contribution < 1.29 is 49.0 Å². The summed E-state index contributed by atoms with van der Waals surface area (Å²) in [6.07, 6.45) is 0.609. The third-order valence-corrected chi connectivity index (χ3v) is 5.71. The zero-order valence-corrected chi connectivity index (χ0v) is 19.9. The molecule has 1 N–H and O–H groups in total. The monoisotopic (exact) mass is 412 g/mol. The Bertz CT molecular complexity index is 811. The van der Waals surface area contributed by atoms with Crippen molar-refractivity contribution in [3.63, 3.8) is 0 Å². The Morgan fingerprint density at radius 1 is 1.18 bits per heavy atom. The number of carbonyl (C=O) groups is 1. The van der Waals surface area contributed by atoms with Crippen molar-refractivity contribution in [1.29, 1.82) is 0 Å². The Morgan fingerprint density at radius 3 is 2.54 bits per heavy atom. The summed E-state index contributed by atoms with van der Waals surface area (Å²) in [5, 5.41) is 20.0. The van der Waals surface area contributed by atoms with Crippen LogP contribution in [0.1, 0.15) is 35.1 Å². The second-order valence-electron chi connectivity index (χ2n) is 6.98. The minimum atomic E-state index is -1.22. The minimum Gasteiger partial charge on any atom is -0.550 e. The van der Waals surface area contributed by atoms with Crippen LogP contribution in [0.3, 0.4) is 0 Å². The largest absolute Gasteiger partial charge is 1.00 e. The van der Waals surface area contributed by atoms with Gasteiger partial charge in [0.1, 0.15) is 5.82 Å². The topological polar surface area (TPSA) is 60.4 Å². The summed E-state index contributed by atoms with van der Waals surface area (Å²) in [4.78, 5) is 10.5. The van der Waals surface area contributed by atoms with Crippen molar-refractivity contribution >= 4 is 17.7 Å². The molecule has 6 heteroatoms. The Kier molecular flexibility index (Phi) is 10.8. The maximum atomic E-state index is 13.6. The summed E-state index contributed by atoms with van der Waals surface area (Å²) < 4.78 is 13.6. The van der Waals surface area contributed by atoms with Crippen LogP contribution in [-0.2, 0) is 11.2 Å². The predicted octanol–water partition coefficient (Wildman–Crippen LogP) is 0.589. The van der Waals surface area contributed by atoms with Crippen molar-refractivity contribution in [3.05, 3.63) is 58.4 Å². The molecule has 2 aromatic carbocycles. The fourth-order valence-electron chi connectivity index (χ4n) is 3.22. The molecule has 3 nitrogen and oxygen atoms in total. The van der Waals surface area contributed by atoms with Gasteiger partial charge in [-0.05, 0) is 79.3 Å². The van der Waals surface area contributed by atoms with Crippen LogP contribution in [0.2, 0.25) is 0 Å². The third-order valence-electron chi connectivity index (χ3n) is 4.51. The van der Waals surface area contributed by atoms with Gasteiger partial charge in [0.05, 0.1) is 6.10 Å². The van der Waals surface area contributed by atoms with Gasteiger partial charge < -0.3 is 15.0 Å². The first-order valence-electron chi connectivity index (χ1n) is 9.10. The van der Waals surface area contributed by atoms with Crippen LogP contribution in [0.15, 0.2) is 30.3 Å². The summed E-state index contributed by atoms with van der Waals surface area (Å²) >= 11 is 1.55. The second kappa shape index (κ2) is 12.0. The first-order valence-corrected chi connectivity index (χ1v) is 10.3. The molecule has 1 atom stereocenters. The van der Waals surface area contributed by atoms with Crippen molar-refractivity contribution in [1.82, 2.24) is 0 Å². The Hall–Kier alpha value is -0.850. The average Bonchev–Trinajstić information content (AvgIpc) is 2.57. The molecule has 0 aromatic heterocycles. The maximum Gasteiger partial charge on any atom is 1.00 e. The summed E-state index contributed by atoms with van der Waals surface area (Å²) in [7, 11) is 0. The molecule has 0 aliphatic heterocycles. The average molecular weight is 413 g/mol. The predicted molar refractivity (Wildman–Crippen MR) is 107 cm³/mol. The zero-order valence-electron chi connectivity index (χ0n) is 17.0. The van der Waals surface area contributed by atoms with Gasteiger partial charge in [-0.15, -0.1) is 0 Å². The molecule has 2 aromatic rings. The molecule has 0 heterocycles. The van der Waals surface area contributed by atoms with Crippen molar-refractivity contribution in [2.45, 2.75) is 46.1 Å². The molecular formula is C22H26FNaO3S. The molecule has 1 unspecified atom stereocenters. The van der Waals surface area contributed by atoms with Gasteiger partial charge >= 0.3 is 29.6 Å². The van der Waals surface area contributed by atoms with E-state index in [1.54, 1.807) is 18.7 Å². The number of carboxylic acids is 1. The number of hydrogen-bond acceptors (Lipinski definition) is 4. The summed E-state index contributed by atoms with van der Waals surface area (Å²) in [6.45, 7) is 5.93. The van der Waals surface area contributed by atoms with Gasteiger partial charge in [-0.1, -0.05) is 23.8 Å². The molecule has 0 saturated heterocycles. The van der Waals surface area contributed by atoms with E-state index in [0.29, 0.717) is 11.3 Å². The van der Waals surface area contributed by atoms with E-state index in [2.05, 4.69) is 26.0 Å². The van der Waals surface area contributed by atoms with Gasteiger partial charge in [0.25, 0.3) is 0 Å². The molecule has 0 aliphatic carbocycles. The van der Waals surface area contributed by atoms with E-state index in [1.165, 1.54) is 22.8 Å². The van der Waals surface area contributed by atoms with E-state index < -0.39 is 12.1 Å².